The van der Waals surface area contributed by atoms with Crippen LogP contribution in [0, 0.1) is 0 Å². The minimum atomic E-state index is 0.00869. The van der Waals surface area contributed by atoms with E-state index in [1.54, 1.807) is 11.8 Å². The summed E-state index contributed by atoms with van der Waals surface area (Å²) in [7, 11) is 2.07. The molecule has 112 valence electrons. The Morgan fingerprint density at radius 1 is 1.25 bits per heavy atom. The molecule has 20 heavy (non-hydrogen) atoms. The molecule has 0 spiro atoms. The molecule has 5 nitrogen and oxygen atoms in total. The topological polar surface area (TPSA) is 49.2 Å². The third kappa shape index (κ3) is 3.35. The van der Waals surface area contributed by atoms with Gasteiger partial charge in [0.05, 0.1) is 6.61 Å². The van der Waals surface area contributed by atoms with E-state index in [0.29, 0.717) is 12.5 Å². The SMILES string of the molecule is Cn1c(SCCO[C@@H]2CCCCO2)nnc1C1CCC1. The van der Waals surface area contributed by atoms with Crippen LogP contribution < -0.4 is 0 Å². The molecule has 0 aromatic carbocycles. The van der Waals surface area contributed by atoms with Gasteiger partial charge >= 0.3 is 0 Å². The zero-order valence-electron chi connectivity index (χ0n) is 12.1. The molecule has 2 aliphatic rings. The molecule has 2 fully saturated rings. The van der Waals surface area contributed by atoms with Gasteiger partial charge in [-0.3, -0.25) is 0 Å². The summed E-state index contributed by atoms with van der Waals surface area (Å²) in [6, 6.07) is 0. The predicted octanol–water partition coefficient (Wildman–Crippen LogP) is 2.72. The molecule has 1 aromatic rings. The number of rotatable bonds is 6. The van der Waals surface area contributed by atoms with Gasteiger partial charge < -0.3 is 14.0 Å². The highest BCUT2D eigenvalue weighted by molar-refractivity contribution is 7.99. The molecule has 0 amide bonds. The maximum Gasteiger partial charge on any atom is 0.191 e. The molecule has 1 aliphatic heterocycles. The molecule has 1 saturated heterocycles. The second kappa shape index (κ2) is 6.91. The van der Waals surface area contributed by atoms with Crippen LogP contribution >= 0.6 is 11.8 Å². The van der Waals surface area contributed by atoms with Gasteiger partial charge in [-0.05, 0) is 32.1 Å². The Morgan fingerprint density at radius 2 is 2.15 bits per heavy atom. The molecular weight excluding hydrogens is 274 g/mol. The van der Waals surface area contributed by atoms with Crippen LogP contribution in [0.4, 0.5) is 0 Å². The van der Waals surface area contributed by atoms with Crippen molar-refractivity contribution in [2.75, 3.05) is 19.0 Å². The molecule has 1 atom stereocenters. The Kier molecular flexibility index (Phi) is 4.96. The third-order valence-corrected chi connectivity index (χ3v) is 5.08. The maximum atomic E-state index is 5.73. The average molecular weight is 297 g/mol. The first kappa shape index (κ1) is 14.4. The van der Waals surface area contributed by atoms with Gasteiger partial charge in [0.1, 0.15) is 5.82 Å². The van der Waals surface area contributed by atoms with Crippen LogP contribution in [0.15, 0.2) is 5.16 Å². The van der Waals surface area contributed by atoms with Gasteiger partial charge in [-0.2, -0.15) is 0 Å². The van der Waals surface area contributed by atoms with E-state index in [9.17, 15) is 0 Å². The highest BCUT2D eigenvalue weighted by atomic mass is 32.2. The van der Waals surface area contributed by atoms with Crippen LogP contribution in [0.3, 0.4) is 0 Å². The van der Waals surface area contributed by atoms with Crippen molar-refractivity contribution < 1.29 is 9.47 Å². The summed E-state index contributed by atoms with van der Waals surface area (Å²) in [5.74, 6) is 2.68. The van der Waals surface area contributed by atoms with E-state index in [1.807, 2.05) is 0 Å². The Labute approximate surface area is 124 Å². The first-order chi connectivity index (χ1) is 9.84. The number of nitrogens with zero attached hydrogens (tertiary/aromatic N) is 3. The van der Waals surface area contributed by atoms with Crippen LogP contribution in [0.2, 0.25) is 0 Å². The summed E-state index contributed by atoms with van der Waals surface area (Å²) in [6.45, 7) is 1.55. The average Bonchev–Trinajstić information content (AvgIpc) is 2.76. The fourth-order valence-electron chi connectivity index (χ4n) is 2.63. The van der Waals surface area contributed by atoms with Gasteiger partial charge in [0, 0.05) is 25.3 Å². The first-order valence-corrected chi connectivity index (χ1v) is 8.58. The quantitative estimate of drug-likeness (QED) is 0.597. The normalized spacial score (nSPS) is 23.8. The Balaban J connectivity index is 1.40. The van der Waals surface area contributed by atoms with Crippen LogP contribution in [0.5, 0.6) is 0 Å². The van der Waals surface area contributed by atoms with E-state index >= 15 is 0 Å². The molecule has 3 rings (SSSR count). The molecule has 0 unspecified atom stereocenters. The van der Waals surface area contributed by atoms with Crippen molar-refractivity contribution in [2.24, 2.45) is 7.05 Å². The zero-order valence-corrected chi connectivity index (χ0v) is 12.9. The van der Waals surface area contributed by atoms with Crippen LogP contribution in [0.25, 0.3) is 0 Å². The van der Waals surface area contributed by atoms with E-state index in [2.05, 4.69) is 21.8 Å². The van der Waals surface area contributed by atoms with Crippen LogP contribution in [-0.4, -0.2) is 40.0 Å². The van der Waals surface area contributed by atoms with Crippen molar-refractivity contribution in [3.63, 3.8) is 0 Å². The fourth-order valence-corrected chi connectivity index (χ4v) is 3.38. The zero-order chi connectivity index (χ0) is 13.8. The summed E-state index contributed by atoms with van der Waals surface area (Å²) in [5.41, 5.74) is 0. The van der Waals surface area contributed by atoms with Crippen LogP contribution in [-0.2, 0) is 16.5 Å². The number of ether oxygens (including phenoxy) is 2. The fraction of sp³-hybridized carbons (Fsp3) is 0.857. The highest BCUT2D eigenvalue weighted by Gasteiger charge is 2.25. The minimum Gasteiger partial charge on any atom is -0.353 e. The van der Waals surface area contributed by atoms with Crippen molar-refractivity contribution in [3.8, 4) is 0 Å². The number of hydrogen-bond acceptors (Lipinski definition) is 5. The van der Waals surface area contributed by atoms with Gasteiger partial charge in [0.15, 0.2) is 11.4 Å². The lowest BCUT2D eigenvalue weighted by Gasteiger charge is -2.24. The van der Waals surface area contributed by atoms with Crippen molar-refractivity contribution in [1.29, 1.82) is 0 Å². The van der Waals surface area contributed by atoms with Gasteiger partial charge in [-0.15, -0.1) is 10.2 Å². The molecule has 1 saturated carbocycles. The monoisotopic (exact) mass is 297 g/mol. The standard InChI is InChI=1S/C14H23N3O2S/c1-17-13(11-5-4-6-11)15-16-14(17)20-10-9-19-12-7-2-3-8-18-12/h11-12H,2-10H2,1H3/t12-/m1/s1. The Morgan fingerprint density at radius 3 is 2.85 bits per heavy atom. The smallest absolute Gasteiger partial charge is 0.191 e. The summed E-state index contributed by atoms with van der Waals surface area (Å²) >= 11 is 1.72. The highest BCUT2D eigenvalue weighted by Crippen LogP contribution is 2.35. The molecule has 1 aliphatic carbocycles. The summed E-state index contributed by atoms with van der Waals surface area (Å²) in [6.07, 6.45) is 7.27. The Bertz CT molecular complexity index is 428. The predicted molar refractivity (Wildman–Crippen MR) is 77.9 cm³/mol. The van der Waals surface area contributed by atoms with E-state index in [1.165, 1.54) is 25.7 Å². The van der Waals surface area contributed by atoms with Crippen molar-refractivity contribution >= 4 is 11.8 Å². The van der Waals surface area contributed by atoms with Crippen molar-refractivity contribution in [1.82, 2.24) is 14.8 Å². The summed E-state index contributed by atoms with van der Waals surface area (Å²) < 4.78 is 13.4. The lowest BCUT2D eigenvalue weighted by molar-refractivity contribution is -0.158. The largest absolute Gasteiger partial charge is 0.353 e. The molecule has 6 heteroatoms. The summed E-state index contributed by atoms with van der Waals surface area (Å²) in [4.78, 5) is 0. The van der Waals surface area contributed by atoms with Crippen molar-refractivity contribution in [3.05, 3.63) is 5.82 Å². The lowest BCUT2D eigenvalue weighted by Crippen LogP contribution is -2.23. The minimum absolute atomic E-state index is 0.00869. The van der Waals surface area contributed by atoms with E-state index in [4.69, 9.17) is 9.47 Å². The van der Waals surface area contributed by atoms with Gasteiger partial charge in [-0.25, -0.2) is 0 Å². The van der Waals surface area contributed by atoms with E-state index in [0.717, 1.165) is 36.2 Å². The van der Waals surface area contributed by atoms with Gasteiger partial charge in [0.25, 0.3) is 0 Å². The lowest BCUT2D eigenvalue weighted by atomic mass is 9.85. The van der Waals surface area contributed by atoms with Crippen LogP contribution in [0.1, 0.15) is 50.3 Å². The summed E-state index contributed by atoms with van der Waals surface area (Å²) in [5, 5.41) is 9.63. The van der Waals surface area contributed by atoms with Gasteiger partial charge in [0.2, 0.25) is 0 Å². The second-order valence-corrected chi connectivity index (χ2v) is 6.61. The number of aromatic nitrogens is 3. The molecular formula is C14H23N3O2S. The number of hydrogen-bond donors (Lipinski definition) is 0. The van der Waals surface area contributed by atoms with Gasteiger partial charge in [-0.1, -0.05) is 18.2 Å². The molecule has 2 heterocycles. The molecule has 0 bridgehead atoms. The second-order valence-electron chi connectivity index (χ2n) is 5.54. The third-order valence-electron chi connectivity index (χ3n) is 4.10. The van der Waals surface area contributed by atoms with E-state index in [-0.39, 0.29) is 6.29 Å². The Hall–Kier alpha value is -0.590. The molecule has 0 radical (unpaired) electrons. The molecule has 1 aromatic heterocycles. The van der Waals surface area contributed by atoms with Crippen molar-refractivity contribution in [2.45, 2.75) is 55.9 Å². The first-order valence-electron chi connectivity index (χ1n) is 7.60. The molecule has 0 N–H and O–H groups in total. The number of thioether (sulfide) groups is 1. The van der Waals surface area contributed by atoms with E-state index < -0.39 is 0 Å². The maximum absolute atomic E-state index is 5.73.